The summed E-state index contributed by atoms with van der Waals surface area (Å²) >= 11 is 0.754. The molecule has 1 fully saturated rings. The fourth-order valence-electron chi connectivity index (χ4n) is 2.45. The maximum Gasteiger partial charge on any atom is 0.466 e. The Morgan fingerprint density at radius 2 is 1.79 bits per heavy atom. The highest BCUT2D eigenvalue weighted by atomic mass is 32.3. The van der Waals surface area contributed by atoms with E-state index in [-0.39, 0.29) is 11.5 Å². The Hall–Kier alpha value is -0.320. The average molecular weight is 466 g/mol. The Bertz CT molecular complexity index is 627. The van der Waals surface area contributed by atoms with Crippen LogP contribution in [0.15, 0.2) is 5.16 Å². The van der Waals surface area contributed by atoms with Crippen LogP contribution in [-0.4, -0.2) is 91.1 Å². The van der Waals surface area contributed by atoms with E-state index in [4.69, 9.17) is 9.29 Å². The molecule has 0 radical (unpaired) electrons. The molecule has 28 heavy (non-hydrogen) atoms. The number of rotatable bonds is 11. The van der Waals surface area contributed by atoms with Gasteiger partial charge in [-0.3, -0.25) is 8.76 Å². The van der Waals surface area contributed by atoms with Gasteiger partial charge in [-0.05, 0) is 19.3 Å². The molecule has 1 heterocycles. The highest BCUT2D eigenvalue weighted by Crippen LogP contribution is 2.30. The van der Waals surface area contributed by atoms with Gasteiger partial charge in [-0.25, -0.2) is 4.28 Å². The van der Waals surface area contributed by atoms with Gasteiger partial charge in [0.2, 0.25) is 0 Å². The third-order valence-corrected chi connectivity index (χ3v) is 6.21. The molecule has 0 spiro atoms. The summed E-state index contributed by atoms with van der Waals surface area (Å²) in [5, 5.41) is 42.3. The van der Waals surface area contributed by atoms with Crippen LogP contribution in [0, 0.1) is 0 Å². The maximum atomic E-state index is 11.0. The Morgan fingerprint density at radius 1 is 1.14 bits per heavy atom. The van der Waals surface area contributed by atoms with Gasteiger partial charge in [0.25, 0.3) is 0 Å². The molecular weight excluding hydrogens is 438 g/mol. The van der Waals surface area contributed by atoms with Gasteiger partial charge in [-0.1, -0.05) is 29.8 Å². The second-order valence-electron chi connectivity index (χ2n) is 6.24. The summed E-state index contributed by atoms with van der Waals surface area (Å²) in [7, 11) is -5.69. The number of aliphatic hydroxyl groups is 4. The molecule has 0 aromatic carbocycles. The average Bonchev–Trinajstić information content (AvgIpc) is 2.61. The zero-order valence-electron chi connectivity index (χ0n) is 15.3. The first-order valence-corrected chi connectivity index (χ1v) is 12.5. The first-order chi connectivity index (χ1) is 13.0. The molecule has 166 valence electrons. The zero-order valence-corrected chi connectivity index (χ0v) is 17.7. The van der Waals surface area contributed by atoms with Gasteiger partial charge >= 0.3 is 10.4 Å². The van der Waals surface area contributed by atoms with Gasteiger partial charge in [-0.15, -0.1) is 0 Å². The summed E-state index contributed by atoms with van der Waals surface area (Å²) in [6.07, 6.45) is -1.02. The topological polar surface area (TPSA) is 183 Å². The first kappa shape index (κ1) is 25.7. The van der Waals surface area contributed by atoms with E-state index in [1.165, 1.54) is 0 Å². The molecule has 0 aromatic rings. The van der Waals surface area contributed by atoms with Gasteiger partial charge in [0.15, 0.2) is 0 Å². The number of hydrogen-bond donors (Lipinski definition) is 5. The zero-order chi connectivity index (χ0) is 21.3. The molecule has 0 aromatic heterocycles. The molecule has 1 rings (SSSR count). The number of thioether (sulfide) groups is 1. The molecule has 6 atom stereocenters. The minimum atomic E-state index is -4.82. The van der Waals surface area contributed by atoms with Crippen molar-refractivity contribution in [3.8, 4) is 0 Å². The molecule has 14 heteroatoms. The second kappa shape index (κ2) is 12.4. The lowest BCUT2D eigenvalue weighted by molar-refractivity contribution is -0.205. The van der Waals surface area contributed by atoms with Gasteiger partial charge in [0, 0.05) is 22.8 Å². The van der Waals surface area contributed by atoms with Crippen LogP contribution in [0.2, 0.25) is 0 Å². The van der Waals surface area contributed by atoms with Crippen molar-refractivity contribution in [1.29, 1.82) is 0 Å². The minimum Gasteiger partial charge on any atom is -0.394 e. The lowest BCUT2D eigenvalue weighted by Gasteiger charge is -2.39. The van der Waals surface area contributed by atoms with Crippen molar-refractivity contribution in [2.45, 2.75) is 62.0 Å². The number of unbranched alkanes of at least 4 members (excludes halogenated alkanes) is 3. The van der Waals surface area contributed by atoms with Gasteiger partial charge in [0.1, 0.15) is 34.9 Å². The van der Waals surface area contributed by atoms with Crippen molar-refractivity contribution in [2.75, 3.05) is 18.6 Å². The van der Waals surface area contributed by atoms with Crippen LogP contribution in [-0.2, 0) is 30.2 Å². The van der Waals surface area contributed by atoms with E-state index in [1.54, 1.807) is 6.26 Å². The number of aliphatic hydroxyl groups excluding tert-OH is 4. The van der Waals surface area contributed by atoms with Gasteiger partial charge in [0.05, 0.1) is 6.61 Å². The lowest BCUT2D eigenvalue weighted by Crippen LogP contribution is -2.57. The Morgan fingerprint density at radius 3 is 2.36 bits per heavy atom. The minimum absolute atomic E-state index is 0.0704. The Balaban J connectivity index is 2.70. The molecule has 5 N–H and O–H groups in total. The van der Waals surface area contributed by atoms with Crippen LogP contribution in [0.25, 0.3) is 0 Å². The molecule has 0 saturated carbocycles. The SMILES string of the molecule is CS(=O)CCCCCC/C(=N\OS(=O)(=O)O)S[C@@H]1O[C@H](CO)[C@@H](O)[C@H](O)[C@H]1O. The summed E-state index contributed by atoms with van der Waals surface area (Å²) in [4.78, 5) is 0. The Kier molecular flexibility index (Phi) is 11.4. The fourth-order valence-corrected chi connectivity index (χ4v) is 4.40. The normalized spacial score (nSPS) is 30.2. The van der Waals surface area contributed by atoms with Crippen LogP contribution < -0.4 is 0 Å². The van der Waals surface area contributed by atoms with Crippen molar-refractivity contribution >= 4 is 38.0 Å². The summed E-state index contributed by atoms with van der Waals surface area (Å²) in [6, 6.07) is 0. The molecule has 11 nitrogen and oxygen atoms in total. The summed E-state index contributed by atoms with van der Waals surface area (Å²) in [6.45, 7) is -0.602. The lowest BCUT2D eigenvalue weighted by atomic mass is 10.0. The van der Waals surface area contributed by atoms with Gasteiger partial charge in [-0.2, -0.15) is 8.42 Å². The van der Waals surface area contributed by atoms with Crippen molar-refractivity contribution in [1.82, 2.24) is 0 Å². The summed E-state index contributed by atoms with van der Waals surface area (Å²) in [5.41, 5.74) is -1.15. The number of ether oxygens (including phenoxy) is 1. The Labute approximate surface area is 170 Å². The van der Waals surface area contributed by atoms with Crippen LogP contribution in [0.5, 0.6) is 0 Å². The third-order valence-electron chi connectivity index (χ3n) is 3.91. The van der Waals surface area contributed by atoms with Crippen LogP contribution >= 0.6 is 11.8 Å². The van der Waals surface area contributed by atoms with Gasteiger partial charge < -0.3 is 25.2 Å². The largest absolute Gasteiger partial charge is 0.466 e. The van der Waals surface area contributed by atoms with Crippen molar-refractivity contribution < 1.29 is 46.6 Å². The molecular formula is C14H27NO10S3. The number of hydrogen-bond acceptors (Lipinski definition) is 11. The highest BCUT2D eigenvalue weighted by molar-refractivity contribution is 8.14. The highest BCUT2D eigenvalue weighted by Gasteiger charge is 2.44. The quantitative estimate of drug-likeness (QED) is 0.0827. The standard InChI is InChI=1S/C14H27NO10S3/c1-27(20)7-5-3-2-4-6-10(15-25-28(21,22)23)26-14-13(19)12(18)11(17)9(8-16)24-14/h9,11-14,16-19H,2-8H2,1H3,(H,21,22,23)/b15-10+/t9-,11-,12+,13-,14+,27?/m1/s1. The first-order valence-electron chi connectivity index (χ1n) is 8.55. The van der Waals surface area contributed by atoms with Crippen LogP contribution in [0.3, 0.4) is 0 Å². The number of oxime groups is 1. The van der Waals surface area contributed by atoms with E-state index >= 15 is 0 Å². The monoisotopic (exact) mass is 465 g/mol. The predicted molar refractivity (Wildman–Crippen MR) is 103 cm³/mol. The molecule has 0 bridgehead atoms. The third kappa shape index (κ3) is 9.45. The smallest absolute Gasteiger partial charge is 0.394 e. The molecule has 1 saturated heterocycles. The number of nitrogens with zero attached hydrogens (tertiary/aromatic N) is 1. The molecule has 1 aliphatic rings. The fraction of sp³-hybridized carbons (Fsp3) is 0.929. The van der Waals surface area contributed by atoms with E-state index in [2.05, 4.69) is 9.44 Å². The van der Waals surface area contributed by atoms with Crippen molar-refractivity contribution in [3.63, 3.8) is 0 Å². The molecule has 1 unspecified atom stereocenters. The van der Waals surface area contributed by atoms with E-state index in [1.807, 2.05) is 0 Å². The maximum absolute atomic E-state index is 11.0. The summed E-state index contributed by atoms with van der Waals surface area (Å²) < 4.78 is 50.6. The van der Waals surface area contributed by atoms with E-state index < -0.39 is 57.7 Å². The van der Waals surface area contributed by atoms with E-state index in [0.717, 1.165) is 31.0 Å². The van der Waals surface area contributed by atoms with Crippen molar-refractivity contribution in [3.05, 3.63) is 0 Å². The molecule has 0 aliphatic carbocycles. The van der Waals surface area contributed by atoms with Crippen molar-refractivity contribution in [2.24, 2.45) is 5.16 Å². The van der Waals surface area contributed by atoms with E-state index in [0.29, 0.717) is 12.2 Å². The predicted octanol–water partition coefficient (Wildman–Crippen LogP) is -1.02. The summed E-state index contributed by atoms with van der Waals surface area (Å²) in [5.74, 6) is 0.590. The second-order valence-corrected chi connectivity index (χ2v) is 9.97. The van der Waals surface area contributed by atoms with Crippen LogP contribution in [0.4, 0.5) is 0 Å². The molecule has 0 amide bonds. The van der Waals surface area contributed by atoms with E-state index in [9.17, 15) is 33.1 Å². The molecule has 1 aliphatic heterocycles. The van der Waals surface area contributed by atoms with Crippen LogP contribution in [0.1, 0.15) is 32.1 Å².